The molecule has 0 saturated carbocycles. The van der Waals surface area contributed by atoms with Crippen LogP contribution in [0.1, 0.15) is 25.3 Å². The van der Waals surface area contributed by atoms with Crippen LogP contribution in [0, 0.1) is 6.92 Å². The molecule has 0 bridgehead atoms. The molecule has 98 valence electrons. The fraction of sp³-hybridized carbons (Fsp3) is 0.455. The standard InChI is InChI=1S/C11H16O.H3O4P/c1-3-4-9-12-11-7-5-10(2)6-8-11;1-5(2,3)4/h5-8H,3-4,9H2,1-2H3;(H3,1,2,3,4). The molecule has 0 amide bonds. The zero-order valence-electron chi connectivity index (χ0n) is 10.0. The summed E-state index contributed by atoms with van der Waals surface area (Å²) in [6, 6.07) is 8.18. The van der Waals surface area contributed by atoms with Crippen molar-refractivity contribution in [3.8, 4) is 5.75 Å². The van der Waals surface area contributed by atoms with Gasteiger partial charge in [0, 0.05) is 0 Å². The monoisotopic (exact) mass is 262 g/mol. The zero-order chi connectivity index (χ0) is 13.3. The van der Waals surface area contributed by atoms with Gasteiger partial charge in [-0.05, 0) is 25.5 Å². The fourth-order valence-corrected chi connectivity index (χ4v) is 0.969. The molecule has 0 aromatic heterocycles. The van der Waals surface area contributed by atoms with Crippen molar-refractivity contribution in [3.63, 3.8) is 0 Å². The van der Waals surface area contributed by atoms with E-state index < -0.39 is 7.82 Å². The van der Waals surface area contributed by atoms with E-state index in [0.29, 0.717) is 0 Å². The second kappa shape index (κ2) is 8.25. The molecule has 0 aliphatic carbocycles. The molecule has 6 heteroatoms. The summed E-state index contributed by atoms with van der Waals surface area (Å²) in [4.78, 5) is 21.6. The molecule has 0 aliphatic rings. The maximum atomic E-state index is 8.88. The molecule has 1 rings (SSSR count). The molecule has 0 fully saturated rings. The summed E-state index contributed by atoms with van der Waals surface area (Å²) in [5.74, 6) is 0.981. The molecule has 17 heavy (non-hydrogen) atoms. The molecule has 0 spiro atoms. The van der Waals surface area contributed by atoms with Gasteiger partial charge in [-0.3, -0.25) is 0 Å². The first-order chi connectivity index (χ1) is 7.83. The number of ether oxygens (including phenoxy) is 1. The summed E-state index contributed by atoms with van der Waals surface area (Å²) >= 11 is 0. The highest BCUT2D eigenvalue weighted by Gasteiger charge is 2.00. The van der Waals surface area contributed by atoms with Crippen LogP contribution in [0.5, 0.6) is 5.75 Å². The second-order valence-electron chi connectivity index (χ2n) is 3.53. The Hall–Kier alpha value is -0.870. The van der Waals surface area contributed by atoms with E-state index in [0.717, 1.165) is 18.8 Å². The lowest BCUT2D eigenvalue weighted by Gasteiger charge is -2.04. The predicted octanol–water partition coefficient (Wildman–Crippen LogP) is 2.25. The van der Waals surface area contributed by atoms with Crippen LogP contribution in [-0.4, -0.2) is 21.3 Å². The molecule has 0 heterocycles. The average molecular weight is 262 g/mol. The van der Waals surface area contributed by atoms with Crippen molar-refractivity contribution in [2.45, 2.75) is 26.7 Å². The largest absolute Gasteiger partial charge is 0.494 e. The Morgan fingerprint density at radius 1 is 1.18 bits per heavy atom. The van der Waals surface area contributed by atoms with Crippen molar-refractivity contribution < 1.29 is 24.0 Å². The lowest BCUT2D eigenvalue weighted by molar-refractivity contribution is 0.275. The van der Waals surface area contributed by atoms with Crippen molar-refractivity contribution in [1.82, 2.24) is 0 Å². The highest BCUT2D eigenvalue weighted by molar-refractivity contribution is 7.45. The normalized spacial score (nSPS) is 10.4. The zero-order valence-corrected chi connectivity index (χ0v) is 10.9. The molecule has 1 aromatic carbocycles. The van der Waals surface area contributed by atoms with Gasteiger partial charge in [-0.25, -0.2) is 4.57 Å². The van der Waals surface area contributed by atoms with E-state index >= 15 is 0 Å². The van der Waals surface area contributed by atoms with Crippen LogP contribution in [0.15, 0.2) is 24.3 Å². The summed E-state index contributed by atoms with van der Waals surface area (Å²) < 4.78 is 14.4. The smallest absolute Gasteiger partial charge is 0.466 e. The first-order valence-electron chi connectivity index (χ1n) is 5.30. The van der Waals surface area contributed by atoms with Gasteiger partial charge in [-0.1, -0.05) is 31.0 Å². The Balaban J connectivity index is 0.000000437. The van der Waals surface area contributed by atoms with Crippen LogP contribution in [0.3, 0.4) is 0 Å². The number of hydrogen-bond donors (Lipinski definition) is 3. The van der Waals surface area contributed by atoms with Gasteiger partial charge in [-0.15, -0.1) is 0 Å². The highest BCUT2D eigenvalue weighted by atomic mass is 31.2. The topological polar surface area (TPSA) is 87.0 Å². The first kappa shape index (κ1) is 16.1. The molecular weight excluding hydrogens is 243 g/mol. The Labute approximate surface area is 101 Å². The minimum absolute atomic E-state index is 0.833. The van der Waals surface area contributed by atoms with Crippen LogP contribution in [0.2, 0.25) is 0 Å². The Kier molecular flexibility index (Phi) is 7.83. The van der Waals surface area contributed by atoms with Crippen LogP contribution >= 0.6 is 7.82 Å². The van der Waals surface area contributed by atoms with E-state index in [1.165, 1.54) is 12.0 Å². The van der Waals surface area contributed by atoms with Crippen molar-refractivity contribution in [1.29, 1.82) is 0 Å². The van der Waals surface area contributed by atoms with Crippen molar-refractivity contribution in [3.05, 3.63) is 29.8 Å². The fourth-order valence-electron chi connectivity index (χ4n) is 0.969. The average Bonchev–Trinajstić information content (AvgIpc) is 2.19. The van der Waals surface area contributed by atoms with Crippen molar-refractivity contribution in [2.24, 2.45) is 0 Å². The van der Waals surface area contributed by atoms with E-state index in [-0.39, 0.29) is 0 Å². The molecule has 0 aliphatic heterocycles. The van der Waals surface area contributed by atoms with Crippen LogP contribution in [0.25, 0.3) is 0 Å². The SMILES string of the molecule is CCCCOc1ccc(C)cc1.O=P(O)(O)O. The van der Waals surface area contributed by atoms with Gasteiger partial charge in [0.15, 0.2) is 0 Å². The molecule has 1 aromatic rings. The lowest BCUT2D eigenvalue weighted by Crippen LogP contribution is -1.95. The number of hydrogen-bond acceptors (Lipinski definition) is 2. The van der Waals surface area contributed by atoms with Crippen LogP contribution in [-0.2, 0) is 4.57 Å². The van der Waals surface area contributed by atoms with E-state index in [4.69, 9.17) is 24.0 Å². The van der Waals surface area contributed by atoms with Crippen LogP contribution < -0.4 is 4.74 Å². The molecule has 0 saturated heterocycles. The summed E-state index contributed by atoms with van der Waals surface area (Å²) in [5, 5.41) is 0. The molecule has 3 N–H and O–H groups in total. The second-order valence-corrected chi connectivity index (χ2v) is 4.55. The third kappa shape index (κ3) is 13.1. The van der Waals surface area contributed by atoms with E-state index in [2.05, 4.69) is 26.0 Å². The van der Waals surface area contributed by atoms with Gasteiger partial charge in [0.05, 0.1) is 6.61 Å². The van der Waals surface area contributed by atoms with Gasteiger partial charge < -0.3 is 19.4 Å². The number of phosphoric acid groups is 1. The van der Waals surface area contributed by atoms with Crippen molar-refractivity contribution >= 4 is 7.82 Å². The minimum Gasteiger partial charge on any atom is -0.494 e. The summed E-state index contributed by atoms with van der Waals surface area (Å²) in [7, 11) is -4.64. The first-order valence-corrected chi connectivity index (χ1v) is 6.87. The third-order valence-corrected chi connectivity index (χ3v) is 1.79. The van der Waals surface area contributed by atoms with Gasteiger partial charge in [0.25, 0.3) is 0 Å². The maximum Gasteiger partial charge on any atom is 0.466 e. The number of unbranched alkanes of at least 4 members (excludes halogenated alkanes) is 1. The Morgan fingerprint density at radius 3 is 2.06 bits per heavy atom. The quantitative estimate of drug-likeness (QED) is 0.572. The van der Waals surface area contributed by atoms with E-state index in [9.17, 15) is 0 Å². The molecular formula is C11H19O5P. The van der Waals surface area contributed by atoms with Crippen LogP contribution in [0.4, 0.5) is 0 Å². The van der Waals surface area contributed by atoms with Crippen molar-refractivity contribution in [2.75, 3.05) is 6.61 Å². The number of rotatable bonds is 4. The summed E-state index contributed by atoms with van der Waals surface area (Å²) in [6.07, 6.45) is 2.32. The summed E-state index contributed by atoms with van der Waals surface area (Å²) in [6.45, 7) is 5.08. The molecule has 0 unspecified atom stereocenters. The third-order valence-electron chi connectivity index (χ3n) is 1.79. The molecule has 0 atom stereocenters. The Morgan fingerprint density at radius 2 is 1.65 bits per heavy atom. The highest BCUT2D eigenvalue weighted by Crippen LogP contribution is 2.25. The van der Waals surface area contributed by atoms with Gasteiger partial charge in [0.1, 0.15) is 5.75 Å². The van der Waals surface area contributed by atoms with E-state index in [1.54, 1.807) is 0 Å². The predicted molar refractivity (Wildman–Crippen MR) is 65.8 cm³/mol. The maximum absolute atomic E-state index is 8.88. The van der Waals surface area contributed by atoms with Gasteiger partial charge >= 0.3 is 7.82 Å². The summed E-state index contributed by atoms with van der Waals surface area (Å²) in [5.41, 5.74) is 1.28. The lowest BCUT2D eigenvalue weighted by atomic mass is 10.2. The number of aryl methyl sites for hydroxylation is 1. The molecule has 0 radical (unpaired) electrons. The Bertz CT molecular complexity index is 335. The number of benzene rings is 1. The van der Waals surface area contributed by atoms with E-state index in [1.807, 2.05) is 12.1 Å². The minimum atomic E-state index is -4.64. The van der Waals surface area contributed by atoms with Gasteiger partial charge in [0.2, 0.25) is 0 Å². The van der Waals surface area contributed by atoms with Gasteiger partial charge in [-0.2, -0.15) is 0 Å². The molecule has 5 nitrogen and oxygen atoms in total.